The summed E-state index contributed by atoms with van der Waals surface area (Å²) < 4.78 is 50.9. The van der Waals surface area contributed by atoms with E-state index in [1.165, 1.54) is 24.3 Å². The lowest BCUT2D eigenvalue weighted by molar-refractivity contribution is -0.381. The first-order chi connectivity index (χ1) is 18.2. The molecule has 0 saturated carbocycles. The Morgan fingerprint density at radius 2 is 1.89 bits per heavy atom. The normalized spacial score (nSPS) is 18.0. The van der Waals surface area contributed by atoms with E-state index in [4.69, 9.17) is 4.74 Å². The lowest BCUT2D eigenvalue weighted by atomic mass is 9.83. The van der Waals surface area contributed by atoms with Gasteiger partial charge in [-0.3, -0.25) is 24.4 Å². The first-order valence-electron chi connectivity index (χ1n) is 11.5. The molecule has 4 aromatic rings. The van der Waals surface area contributed by atoms with Gasteiger partial charge in [0.05, 0.1) is 29.7 Å². The smallest absolute Gasteiger partial charge is 0.333 e. The van der Waals surface area contributed by atoms with Gasteiger partial charge in [-0.1, -0.05) is 12.1 Å². The molecule has 1 saturated heterocycles. The Kier molecular flexibility index (Phi) is 6.52. The molecule has 3 heterocycles. The standard InChI is InChI=1S/C26H19F3N4O4S/c1-15-13-16(5-7-18(15)27)26(14-31(10-9-30)11-12-37-26)22-17-6-8-21(34)32(24(17)38-25(22)33(35)36)23-19(28)3-2-4-20(23)29/h2-8,13H,10-12,14H2,1H3. The maximum absolute atomic E-state index is 14.8. The van der Waals surface area contributed by atoms with E-state index < -0.39 is 44.2 Å². The molecule has 0 bridgehead atoms. The average Bonchev–Trinajstić information content (AvgIpc) is 3.28. The zero-order valence-electron chi connectivity index (χ0n) is 19.9. The van der Waals surface area contributed by atoms with Crippen LogP contribution in [-0.2, 0) is 10.3 Å². The molecule has 2 aromatic carbocycles. The van der Waals surface area contributed by atoms with Crippen LogP contribution in [0.5, 0.6) is 0 Å². The Bertz CT molecular complexity index is 1680. The van der Waals surface area contributed by atoms with Crippen molar-refractivity contribution in [2.45, 2.75) is 12.5 Å². The number of hydrogen-bond donors (Lipinski definition) is 0. The number of rotatable bonds is 5. The fourth-order valence-corrected chi connectivity index (χ4v) is 6.08. The zero-order chi connectivity index (χ0) is 27.2. The Hall–Kier alpha value is -4.05. The summed E-state index contributed by atoms with van der Waals surface area (Å²) in [6, 6.07) is 11.8. The average molecular weight is 541 g/mol. The van der Waals surface area contributed by atoms with Gasteiger partial charge < -0.3 is 4.74 Å². The van der Waals surface area contributed by atoms with Gasteiger partial charge in [-0.2, -0.15) is 5.26 Å². The minimum atomic E-state index is -1.55. The SMILES string of the molecule is Cc1cc(C2(c3c([N+](=O)[O-])sc4c3ccc(=O)n4-c3c(F)cccc3F)CN(CC#N)CCO2)ccc1F. The molecule has 1 atom stereocenters. The van der Waals surface area contributed by atoms with Gasteiger partial charge in [0.15, 0.2) is 0 Å². The molecule has 0 aliphatic carbocycles. The van der Waals surface area contributed by atoms with Crippen molar-refractivity contribution < 1.29 is 22.8 Å². The summed E-state index contributed by atoms with van der Waals surface area (Å²) in [4.78, 5) is 26.4. The molecule has 38 heavy (non-hydrogen) atoms. The molecule has 194 valence electrons. The van der Waals surface area contributed by atoms with E-state index >= 15 is 0 Å². The van der Waals surface area contributed by atoms with Crippen molar-refractivity contribution >= 4 is 26.6 Å². The summed E-state index contributed by atoms with van der Waals surface area (Å²) in [6.07, 6.45) is 0. The highest BCUT2D eigenvalue weighted by atomic mass is 32.1. The van der Waals surface area contributed by atoms with Crippen molar-refractivity contribution in [3.8, 4) is 11.8 Å². The molecule has 1 aliphatic rings. The number of ether oxygens (including phenoxy) is 1. The van der Waals surface area contributed by atoms with Crippen LogP contribution in [0.25, 0.3) is 15.9 Å². The van der Waals surface area contributed by atoms with Crippen LogP contribution in [0.15, 0.2) is 53.3 Å². The van der Waals surface area contributed by atoms with E-state index in [-0.39, 0.29) is 41.0 Å². The molecule has 12 heteroatoms. The lowest BCUT2D eigenvalue weighted by Gasteiger charge is -2.42. The van der Waals surface area contributed by atoms with Crippen LogP contribution in [-0.4, -0.2) is 40.6 Å². The van der Waals surface area contributed by atoms with Crippen molar-refractivity contribution in [1.82, 2.24) is 9.47 Å². The Labute approximate surface area is 217 Å². The molecule has 2 aromatic heterocycles. The second kappa shape index (κ2) is 9.68. The first-order valence-corrected chi connectivity index (χ1v) is 12.3. The predicted molar refractivity (Wildman–Crippen MR) is 134 cm³/mol. The van der Waals surface area contributed by atoms with Crippen LogP contribution in [0.3, 0.4) is 0 Å². The van der Waals surface area contributed by atoms with E-state index in [0.29, 0.717) is 23.4 Å². The largest absolute Gasteiger partial charge is 0.363 e. The Morgan fingerprint density at radius 1 is 1.16 bits per heavy atom. The van der Waals surface area contributed by atoms with E-state index in [2.05, 4.69) is 6.07 Å². The maximum Gasteiger partial charge on any atom is 0.333 e. The molecule has 5 rings (SSSR count). The molecule has 1 aliphatic heterocycles. The zero-order valence-corrected chi connectivity index (χ0v) is 20.7. The maximum atomic E-state index is 14.8. The van der Waals surface area contributed by atoms with Gasteiger partial charge in [-0.05, 0) is 59.7 Å². The van der Waals surface area contributed by atoms with Gasteiger partial charge in [0, 0.05) is 24.5 Å². The second-order valence-corrected chi connectivity index (χ2v) is 9.82. The third kappa shape index (κ3) is 4.05. The third-order valence-electron chi connectivity index (χ3n) is 6.57. The number of fused-ring (bicyclic) bond motifs is 1. The quantitative estimate of drug-likeness (QED) is 0.205. The van der Waals surface area contributed by atoms with Gasteiger partial charge in [-0.15, -0.1) is 0 Å². The van der Waals surface area contributed by atoms with E-state index in [0.717, 1.165) is 28.8 Å². The number of aromatic nitrogens is 1. The molecule has 0 amide bonds. The third-order valence-corrected chi connectivity index (χ3v) is 7.72. The van der Waals surface area contributed by atoms with E-state index in [9.17, 15) is 33.3 Å². The lowest BCUT2D eigenvalue weighted by Crippen LogP contribution is -2.50. The van der Waals surface area contributed by atoms with Crippen LogP contribution >= 0.6 is 11.3 Å². The summed E-state index contributed by atoms with van der Waals surface area (Å²) in [6.45, 7) is 2.02. The number of aryl methyl sites for hydroxylation is 1. The molecule has 0 spiro atoms. The van der Waals surface area contributed by atoms with Gasteiger partial charge in [0.2, 0.25) is 0 Å². The van der Waals surface area contributed by atoms with Gasteiger partial charge in [0.25, 0.3) is 5.56 Å². The summed E-state index contributed by atoms with van der Waals surface area (Å²) in [7, 11) is 0. The monoisotopic (exact) mass is 540 g/mol. The summed E-state index contributed by atoms with van der Waals surface area (Å²) in [5.74, 6) is -2.52. The van der Waals surface area contributed by atoms with Gasteiger partial charge in [-0.25, -0.2) is 13.2 Å². The number of morpholine rings is 1. The van der Waals surface area contributed by atoms with Crippen LogP contribution in [0, 0.1) is 45.8 Å². The van der Waals surface area contributed by atoms with Crippen molar-refractivity contribution in [2.75, 3.05) is 26.2 Å². The number of hydrogen-bond acceptors (Lipinski definition) is 7. The molecule has 1 unspecified atom stereocenters. The van der Waals surface area contributed by atoms with Crippen LogP contribution in [0.4, 0.5) is 18.2 Å². The van der Waals surface area contributed by atoms with Gasteiger partial charge in [0.1, 0.15) is 33.6 Å². The summed E-state index contributed by atoms with van der Waals surface area (Å²) >= 11 is 0.587. The van der Waals surface area contributed by atoms with Crippen molar-refractivity contribution in [2.24, 2.45) is 0 Å². The molecule has 0 N–H and O–H groups in total. The van der Waals surface area contributed by atoms with Crippen LogP contribution < -0.4 is 5.56 Å². The molecule has 8 nitrogen and oxygen atoms in total. The topological polar surface area (TPSA) is 101 Å². The molecule has 1 fully saturated rings. The first kappa shape index (κ1) is 25.6. The van der Waals surface area contributed by atoms with Gasteiger partial charge >= 0.3 is 5.00 Å². The number of thiophene rings is 1. The Balaban J connectivity index is 1.90. The summed E-state index contributed by atoms with van der Waals surface area (Å²) in [5.41, 5.74) is -2.27. The fraction of sp³-hybridized carbons (Fsp3) is 0.231. The van der Waals surface area contributed by atoms with Crippen molar-refractivity contribution in [3.05, 3.63) is 103 Å². The predicted octanol–water partition coefficient (Wildman–Crippen LogP) is 4.79. The highest BCUT2D eigenvalue weighted by Gasteiger charge is 2.47. The number of nitrogens with zero attached hydrogens (tertiary/aromatic N) is 4. The number of para-hydroxylation sites is 1. The fourth-order valence-electron chi connectivity index (χ4n) is 4.89. The van der Waals surface area contributed by atoms with Crippen molar-refractivity contribution in [3.63, 3.8) is 0 Å². The summed E-state index contributed by atoms with van der Waals surface area (Å²) in [5, 5.41) is 21.5. The number of halogens is 3. The Morgan fingerprint density at radius 3 is 2.55 bits per heavy atom. The highest BCUT2D eigenvalue weighted by Crippen LogP contribution is 2.49. The second-order valence-electron chi connectivity index (χ2n) is 8.84. The molecule has 0 radical (unpaired) electrons. The highest BCUT2D eigenvalue weighted by molar-refractivity contribution is 7.22. The number of benzene rings is 2. The minimum Gasteiger partial charge on any atom is -0.363 e. The van der Waals surface area contributed by atoms with Crippen LogP contribution in [0.1, 0.15) is 16.7 Å². The number of pyridine rings is 1. The molecular formula is C26H19F3N4O4S. The number of nitriles is 1. The molecular weight excluding hydrogens is 521 g/mol. The van der Waals surface area contributed by atoms with E-state index in [1.807, 2.05) is 0 Å². The van der Waals surface area contributed by atoms with Crippen molar-refractivity contribution in [1.29, 1.82) is 5.26 Å². The minimum absolute atomic E-state index is 0.00545. The van der Waals surface area contributed by atoms with E-state index in [1.54, 1.807) is 11.8 Å². The number of nitro groups is 1. The van der Waals surface area contributed by atoms with Crippen LogP contribution in [0.2, 0.25) is 0 Å².